The number of benzene rings is 1. The normalized spacial score (nSPS) is 25.8. The first kappa shape index (κ1) is 17.5. The van der Waals surface area contributed by atoms with Crippen LogP contribution in [0, 0.1) is 5.41 Å². The molecular weight excluding hydrogens is 340 g/mol. The summed E-state index contributed by atoms with van der Waals surface area (Å²) in [5.41, 5.74) is 2.04. The molecule has 1 spiro atoms. The zero-order chi connectivity index (χ0) is 18.7. The summed E-state index contributed by atoms with van der Waals surface area (Å²) < 4.78 is 0. The Morgan fingerprint density at radius 1 is 0.926 bits per heavy atom. The molecule has 2 fully saturated rings. The Bertz CT molecular complexity index is 795. The van der Waals surface area contributed by atoms with Gasteiger partial charge in [-0.05, 0) is 60.9 Å². The van der Waals surface area contributed by atoms with E-state index >= 15 is 0 Å². The molecule has 1 heterocycles. The number of nitrogens with zero attached hydrogens (tertiary/aromatic N) is 1. The summed E-state index contributed by atoms with van der Waals surface area (Å²) >= 11 is 0. The Morgan fingerprint density at radius 2 is 1.56 bits per heavy atom. The highest BCUT2D eigenvalue weighted by atomic mass is 16.2. The zero-order valence-electron chi connectivity index (χ0n) is 15.2. The lowest BCUT2D eigenvalue weighted by molar-refractivity contribution is -0.0236. The number of carbonyl (C=O) groups excluding carboxylic acids is 2. The van der Waals surface area contributed by atoms with E-state index in [-0.39, 0.29) is 24.0 Å². The molecule has 3 N–H and O–H groups in total. The smallest absolute Gasteiger partial charge is 0.315 e. The zero-order valence-corrected chi connectivity index (χ0v) is 15.2. The molecule has 27 heavy (non-hydrogen) atoms. The molecule has 0 bridgehead atoms. The second kappa shape index (κ2) is 7.39. The highest BCUT2D eigenvalue weighted by molar-refractivity contribution is 5.94. The van der Waals surface area contributed by atoms with Crippen molar-refractivity contribution < 1.29 is 9.59 Å². The fraction of sp³-hybridized carbons (Fsp3) is 0.381. The molecule has 3 amide bonds. The summed E-state index contributed by atoms with van der Waals surface area (Å²) in [5.74, 6) is -0.0000572. The van der Waals surface area contributed by atoms with Crippen molar-refractivity contribution in [3.8, 4) is 0 Å². The van der Waals surface area contributed by atoms with Gasteiger partial charge in [0.05, 0.1) is 0 Å². The summed E-state index contributed by atoms with van der Waals surface area (Å²) in [7, 11) is 0. The monoisotopic (exact) mass is 364 g/mol. The molecule has 0 radical (unpaired) electrons. The minimum Gasteiger partial charge on any atom is -0.349 e. The van der Waals surface area contributed by atoms with Crippen molar-refractivity contribution in [2.24, 2.45) is 5.41 Å². The van der Waals surface area contributed by atoms with Crippen molar-refractivity contribution in [1.82, 2.24) is 20.9 Å². The largest absolute Gasteiger partial charge is 0.349 e. The van der Waals surface area contributed by atoms with Crippen LogP contribution in [0.5, 0.6) is 0 Å². The SMILES string of the molecule is O=C(NCc1ccncc1)NC1CC2(C1)CC(NC(=O)c1ccccc1)C2. The quantitative estimate of drug-likeness (QED) is 0.763. The maximum Gasteiger partial charge on any atom is 0.315 e. The third-order valence-corrected chi connectivity index (χ3v) is 5.63. The average molecular weight is 364 g/mol. The third kappa shape index (κ3) is 4.10. The van der Waals surface area contributed by atoms with E-state index in [4.69, 9.17) is 0 Å². The van der Waals surface area contributed by atoms with E-state index in [1.165, 1.54) is 0 Å². The van der Waals surface area contributed by atoms with Crippen LogP contribution < -0.4 is 16.0 Å². The van der Waals surface area contributed by atoms with Gasteiger partial charge in [-0.3, -0.25) is 9.78 Å². The lowest BCUT2D eigenvalue weighted by Gasteiger charge is -2.57. The molecule has 2 saturated carbocycles. The Balaban J connectivity index is 1.14. The van der Waals surface area contributed by atoms with Crippen molar-refractivity contribution >= 4 is 11.9 Å². The van der Waals surface area contributed by atoms with Crippen LogP contribution in [0.2, 0.25) is 0 Å². The Labute approximate surface area is 158 Å². The summed E-state index contributed by atoms with van der Waals surface area (Å²) in [6.07, 6.45) is 7.42. The first-order valence-electron chi connectivity index (χ1n) is 9.41. The number of hydrogen-bond acceptors (Lipinski definition) is 3. The number of urea groups is 1. The molecule has 2 aliphatic rings. The maximum atomic E-state index is 12.2. The van der Waals surface area contributed by atoms with Gasteiger partial charge in [-0.15, -0.1) is 0 Å². The van der Waals surface area contributed by atoms with E-state index in [0.717, 1.165) is 31.2 Å². The standard InChI is InChI=1S/C21H24N4O2/c26-19(16-4-2-1-3-5-16)24-17-10-21(11-17)12-18(13-21)25-20(27)23-14-15-6-8-22-9-7-15/h1-9,17-18H,10-14H2,(H,24,26)(H2,23,25,27). The van der Waals surface area contributed by atoms with E-state index in [2.05, 4.69) is 20.9 Å². The second-order valence-corrected chi connectivity index (χ2v) is 7.73. The minimum absolute atomic E-state index is 0.0000572. The van der Waals surface area contributed by atoms with Gasteiger partial charge >= 0.3 is 6.03 Å². The summed E-state index contributed by atoms with van der Waals surface area (Å²) in [4.78, 5) is 28.2. The van der Waals surface area contributed by atoms with Crippen LogP contribution in [0.15, 0.2) is 54.9 Å². The van der Waals surface area contributed by atoms with Crippen LogP contribution in [-0.4, -0.2) is 29.0 Å². The molecule has 0 unspecified atom stereocenters. The molecule has 140 valence electrons. The van der Waals surface area contributed by atoms with E-state index in [0.29, 0.717) is 17.5 Å². The Morgan fingerprint density at radius 3 is 2.22 bits per heavy atom. The molecule has 0 saturated heterocycles. The van der Waals surface area contributed by atoms with Gasteiger partial charge in [0.2, 0.25) is 0 Å². The number of nitrogens with one attached hydrogen (secondary N) is 3. The van der Waals surface area contributed by atoms with Gasteiger partial charge in [0, 0.05) is 36.6 Å². The molecule has 4 rings (SSSR count). The number of rotatable bonds is 5. The fourth-order valence-corrected chi connectivity index (χ4v) is 4.29. The van der Waals surface area contributed by atoms with Crippen molar-refractivity contribution in [2.45, 2.75) is 44.3 Å². The van der Waals surface area contributed by atoms with Gasteiger partial charge < -0.3 is 16.0 Å². The first-order chi connectivity index (χ1) is 13.1. The molecule has 6 heteroatoms. The van der Waals surface area contributed by atoms with Crippen molar-refractivity contribution in [3.05, 3.63) is 66.0 Å². The minimum atomic E-state index is -0.125. The fourth-order valence-electron chi connectivity index (χ4n) is 4.29. The average Bonchev–Trinajstić information content (AvgIpc) is 2.64. The van der Waals surface area contributed by atoms with Crippen LogP contribution in [0.25, 0.3) is 0 Å². The lowest BCUT2D eigenvalue weighted by atomic mass is 9.52. The van der Waals surface area contributed by atoms with Crippen molar-refractivity contribution in [2.75, 3.05) is 0 Å². The molecule has 1 aromatic carbocycles. The van der Waals surface area contributed by atoms with Crippen molar-refractivity contribution in [1.29, 1.82) is 0 Å². The first-order valence-corrected chi connectivity index (χ1v) is 9.41. The van der Waals surface area contributed by atoms with Crippen molar-refractivity contribution in [3.63, 3.8) is 0 Å². The van der Waals surface area contributed by atoms with E-state index in [9.17, 15) is 9.59 Å². The number of carbonyl (C=O) groups is 2. The Hall–Kier alpha value is -2.89. The summed E-state index contributed by atoms with van der Waals surface area (Å²) in [6.45, 7) is 0.500. The predicted octanol–water partition coefficient (Wildman–Crippen LogP) is 2.62. The second-order valence-electron chi connectivity index (χ2n) is 7.73. The molecular formula is C21H24N4O2. The molecule has 0 atom stereocenters. The van der Waals surface area contributed by atoms with E-state index in [1.807, 2.05) is 42.5 Å². The predicted molar refractivity (Wildman–Crippen MR) is 102 cm³/mol. The van der Waals surface area contributed by atoms with Gasteiger partial charge in [-0.1, -0.05) is 18.2 Å². The number of pyridine rings is 1. The number of aromatic nitrogens is 1. The topological polar surface area (TPSA) is 83.1 Å². The van der Waals surface area contributed by atoms with Gasteiger partial charge in [0.1, 0.15) is 0 Å². The molecule has 1 aromatic heterocycles. The van der Waals surface area contributed by atoms with Gasteiger partial charge in [0.15, 0.2) is 0 Å². The number of hydrogen-bond donors (Lipinski definition) is 3. The highest BCUT2D eigenvalue weighted by Gasteiger charge is 2.53. The van der Waals surface area contributed by atoms with Crippen LogP contribution in [0.3, 0.4) is 0 Å². The summed E-state index contributed by atoms with van der Waals surface area (Å²) in [5, 5.41) is 9.02. The Kier molecular flexibility index (Phi) is 4.79. The number of amides is 3. The molecule has 2 aliphatic carbocycles. The maximum absolute atomic E-state index is 12.2. The highest BCUT2D eigenvalue weighted by Crippen LogP contribution is 2.55. The molecule has 6 nitrogen and oxygen atoms in total. The van der Waals surface area contributed by atoms with Gasteiger partial charge in [-0.25, -0.2) is 4.79 Å². The third-order valence-electron chi connectivity index (χ3n) is 5.63. The van der Waals surface area contributed by atoms with Crippen LogP contribution in [0.4, 0.5) is 4.79 Å². The van der Waals surface area contributed by atoms with E-state index in [1.54, 1.807) is 12.4 Å². The molecule has 2 aromatic rings. The van der Waals surface area contributed by atoms with Crippen LogP contribution in [0.1, 0.15) is 41.6 Å². The van der Waals surface area contributed by atoms with Gasteiger partial charge in [-0.2, -0.15) is 0 Å². The van der Waals surface area contributed by atoms with Crippen LogP contribution >= 0.6 is 0 Å². The lowest BCUT2D eigenvalue weighted by Crippen LogP contribution is -2.61. The summed E-state index contributed by atoms with van der Waals surface area (Å²) in [6, 6.07) is 13.4. The van der Waals surface area contributed by atoms with Gasteiger partial charge in [0.25, 0.3) is 5.91 Å². The molecule has 0 aliphatic heterocycles. The van der Waals surface area contributed by atoms with Crippen LogP contribution in [-0.2, 0) is 6.54 Å². The van der Waals surface area contributed by atoms with E-state index < -0.39 is 0 Å².